The fraction of sp³-hybridized carbons (Fsp3) is 0.350. The molecule has 1 aliphatic carbocycles. The van der Waals surface area contributed by atoms with E-state index in [9.17, 15) is 0 Å². The van der Waals surface area contributed by atoms with Gasteiger partial charge in [-0.15, -0.1) is 21.5 Å². The third kappa shape index (κ3) is 3.35. The van der Waals surface area contributed by atoms with Crippen LogP contribution in [-0.4, -0.2) is 36.3 Å². The largest absolute Gasteiger partial charge is 0.369 e. The minimum atomic E-state index is 0.743. The lowest BCUT2D eigenvalue weighted by Gasteiger charge is -2.10. The predicted molar refractivity (Wildman–Crippen MR) is 110 cm³/mol. The number of nitrogens with zero attached hydrogens (tertiary/aromatic N) is 6. The number of thiophene rings is 1. The van der Waals surface area contributed by atoms with Crippen molar-refractivity contribution in [3.8, 4) is 11.4 Å². The molecule has 8 heteroatoms. The van der Waals surface area contributed by atoms with E-state index in [1.165, 1.54) is 22.2 Å². The van der Waals surface area contributed by atoms with Gasteiger partial charge in [0.25, 0.3) is 0 Å². The normalized spacial score (nSPS) is 13.1. The van der Waals surface area contributed by atoms with E-state index >= 15 is 0 Å². The van der Waals surface area contributed by atoms with Crippen molar-refractivity contribution in [2.75, 3.05) is 11.9 Å². The second kappa shape index (κ2) is 7.63. The number of fused-ring (bicyclic) bond motifs is 3. The summed E-state index contributed by atoms with van der Waals surface area (Å²) in [4.78, 5) is 16.5. The Morgan fingerprint density at radius 2 is 2.04 bits per heavy atom. The van der Waals surface area contributed by atoms with Gasteiger partial charge in [-0.3, -0.25) is 4.98 Å². The van der Waals surface area contributed by atoms with Crippen molar-refractivity contribution >= 4 is 27.4 Å². The van der Waals surface area contributed by atoms with Crippen LogP contribution < -0.4 is 5.32 Å². The lowest BCUT2D eigenvalue weighted by atomic mass is 10.1. The Morgan fingerprint density at radius 1 is 1.11 bits per heavy atom. The summed E-state index contributed by atoms with van der Waals surface area (Å²) in [5.74, 6) is 1.71. The summed E-state index contributed by atoms with van der Waals surface area (Å²) < 4.78 is 2.01. The van der Waals surface area contributed by atoms with E-state index in [2.05, 4.69) is 20.5 Å². The van der Waals surface area contributed by atoms with Crippen molar-refractivity contribution < 1.29 is 0 Å². The van der Waals surface area contributed by atoms with Gasteiger partial charge in [-0.05, 0) is 49.8 Å². The number of nitrogens with one attached hydrogen (secondary N) is 1. The van der Waals surface area contributed by atoms with E-state index < -0.39 is 0 Å². The summed E-state index contributed by atoms with van der Waals surface area (Å²) >= 11 is 1.82. The van der Waals surface area contributed by atoms with Crippen LogP contribution in [0.25, 0.3) is 21.6 Å². The van der Waals surface area contributed by atoms with Crippen LogP contribution in [0, 0.1) is 0 Å². The minimum Gasteiger partial charge on any atom is -0.369 e. The van der Waals surface area contributed by atoms with Crippen LogP contribution in [0.1, 0.15) is 29.7 Å². The number of aromatic nitrogens is 6. The molecular weight excluding hydrogens is 370 g/mol. The maximum Gasteiger partial charge on any atom is 0.164 e. The van der Waals surface area contributed by atoms with Crippen LogP contribution in [0.5, 0.6) is 0 Å². The molecule has 0 radical (unpaired) electrons. The molecule has 4 heterocycles. The number of unbranched alkanes of at least 4 members (excludes halogenated alkanes) is 1. The monoisotopic (exact) mass is 391 g/mol. The van der Waals surface area contributed by atoms with Gasteiger partial charge in [0.2, 0.25) is 0 Å². The molecule has 0 spiro atoms. The average Bonchev–Trinajstić information content (AvgIpc) is 3.45. The number of pyridine rings is 1. The van der Waals surface area contributed by atoms with Gasteiger partial charge < -0.3 is 9.88 Å². The van der Waals surface area contributed by atoms with Crippen molar-refractivity contribution in [2.45, 2.75) is 38.6 Å². The van der Waals surface area contributed by atoms with E-state index in [1.807, 2.05) is 34.2 Å². The van der Waals surface area contributed by atoms with E-state index in [0.29, 0.717) is 0 Å². The summed E-state index contributed by atoms with van der Waals surface area (Å²) in [6, 6.07) is 3.94. The third-order valence-corrected chi connectivity index (χ3v) is 6.27. The first-order chi connectivity index (χ1) is 13.9. The van der Waals surface area contributed by atoms with Gasteiger partial charge in [0.1, 0.15) is 23.3 Å². The average molecular weight is 392 g/mol. The molecule has 0 bridgehead atoms. The zero-order valence-electron chi connectivity index (χ0n) is 15.5. The molecule has 1 aliphatic rings. The Labute approximate surface area is 166 Å². The highest BCUT2D eigenvalue weighted by molar-refractivity contribution is 7.19. The second-order valence-electron chi connectivity index (χ2n) is 7.01. The molecule has 1 N–H and O–H groups in total. The molecular formula is C20H21N7S. The summed E-state index contributed by atoms with van der Waals surface area (Å²) in [6.45, 7) is 1.81. The van der Waals surface area contributed by atoms with Crippen LogP contribution in [0.3, 0.4) is 0 Å². The van der Waals surface area contributed by atoms with Gasteiger partial charge in [0.15, 0.2) is 5.82 Å². The van der Waals surface area contributed by atoms with Crippen LogP contribution in [0.4, 0.5) is 5.82 Å². The maximum atomic E-state index is 4.89. The van der Waals surface area contributed by atoms with Gasteiger partial charge in [0.05, 0.1) is 5.39 Å². The zero-order chi connectivity index (χ0) is 18.8. The number of hydrogen-bond acceptors (Lipinski definition) is 7. The molecule has 5 rings (SSSR count). The quantitative estimate of drug-likeness (QED) is 0.484. The van der Waals surface area contributed by atoms with Crippen LogP contribution >= 0.6 is 11.3 Å². The number of anilines is 1. The fourth-order valence-corrected chi connectivity index (χ4v) is 4.97. The highest BCUT2D eigenvalue weighted by Gasteiger charge is 2.22. The van der Waals surface area contributed by atoms with Gasteiger partial charge in [-0.1, -0.05) is 0 Å². The Morgan fingerprint density at radius 3 is 2.89 bits per heavy atom. The van der Waals surface area contributed by atoms with E-state index in [0.717, 1.165) is 60.8 Å². The SMILES string of the molecule is c1cncc(-c2nc(NCCCCn3cnnc3)c3c4c(sc3n2)CCC4)c1. The van der Waals surface area contributed by atoms with E-state index in [4.69, 9.17) is 9.97 Å². The van der Waals surface area contributed by atoms with Crippen LogP contribution in [0.15, 0.2) is 37.2 Å². The summed E-state index contributed by atoms with van der Waals surface area (Å²) in [5.41, 5.74) is 2.40. The molecule has 0 amide bonds. The number of aryl methyl sites for hydroxylation is 3. The van der Waals surface area contributed by atoms with Gasteiger partial charge >= 0.3 is 0 Å². The lowest BCUT2D eigenvalue weighted by Crippen LogP contribution is -2.07. The Hall–Kier alpha value is -2.87. The van der Waals surface area contributed by atoms with Crippen molar-refractivity contribution in [3.05, 3.63) is 47.6 Å². The van der Waals surface area contributed by atoms with Crippen molar-refractivity contribution in [1.29, 1.82) is 0 Å². The standard InChI is InChI=1S/C20H21N7S/c1(2-10-27-12-23-24-13-27)9-22-19-17-15-6-3-7-16(15)28-20(17)26-18(25-19)14-5-4-8-21-11-14/h4-5,8,11-13H,1-3,6-7,9-10H2,(H,22,25,26). The Bertz CT molecular complexity index is 1070. The van der Waals surface area contributed by atoms with Crippen LogP contribution in [0.2, 0.25) is 0 Å². The summed E-state index contributed by atoms with van der Waals surface area (Å²) in [5, 5.41) is 12.5. The maximum absolute atomic E-state index is 4.89. The lowest BCUT2D eigenvalue weighted by molar-refractivity contribution is 0.619. The first-order valence-corrected chi connectivity index (χ1v) is 10.5. The zero-order valence-corrected chi connectivity index (χ0v) is 16.3. The van der Waals surface area contributed by atoms with Gasteiger partial charge in [-0.2, -0.15) is 0 Å². The van der Waals surface area contributed by atoms with Crippen molar-refractivity contribution in [3.63, 3.8) is 0 Å². The second-order valence-corrected chi connectivity index (χ2v) is 8.09. The third-order valence-electron chi connectivity index (χ3n) is 5.09. The van der Waals surface area contributed by atoms with Crippen molar-refractivity contribution in [1.82, 2.24) is 29.7 Å². The number of rotatable bonds is 7. The summed E-state index contributed by atoms with van der Waals surface area (Å²) in [7, 11) is 0. The van der Waals surface area contributed by atoms with Crippen molar-refractivity contribution in [2.24, 2.45) is 0 Å². The number of hydrogen-bond donors (Lipinski definition) is 1. The molecule has 0 aliphatic heterocycles. The smallest absolute Gasteiger partial charge is 0.164 e. The molecule has 0 saturated heterocycles. The van der Waals surface area contributed by atoms with Crippen LogP contribution in [-0.2, 0) is 19.4 Å². The first kappa shape index (κ1) is 17.2. The minimum absolute atomic E-state index is 0.743. The molecule has 0 atom stereocenters. The van der Waals surface area contributed by atoms with E-state index in [-0.39, 0.29) is 0 Å². The first-order valence-electron chi connectivity index (χ1n) is 9.67. The highest BCUT2D eigenvalue weighted by Crippen LogP contribution is 2.40. The Kier molecular flexibility index (Phi) is 4.70. The molecule has 28 heavy (non-hydrogen) atoms. The molecule has 142 valence electrons. The molecule has 7 nitrogen and oxygen atoms in total. The Balaban J connectivity index is 1.39. The molecule has 0 fully saturated rings. The molecule has 0 saturated carbocycles. The molecule has 0 unspecified atom stereocenters. The van der Waals surface area contributed by atoms with Gasteiger partial charge in [0, 0.05) is 35.9 Å². The molecule has 4 aromatic rings. The topological polar surface area (TPSA) is 81.4 Å². The summed E-state index contributed by atoms with van der Waals surface area (Å²) in [6.07, 6.45) is 12.8. The fourth-order valence-electron chi connectivity index (χ4n) is 3.71. The predicted octanol–water partition coefficient (Wildman–Crippen LogP) is 3.73. The van der Waals surface area contributed by atoms with E-state index in [1.54, 1.807) is 18.9 Å². The molecule has 0 aromatic carbocycles. The molecule has 4 aromatic heterocycles. The van der Waals surface area contributed by atoms with Gasteiger partial charge in [-0.25, -0.2) is 9.97 Å². The highest BCUT2D eigenvalue weighted by atomic mass is 32.1.